The summed E-state index contributed by atoms with van der Waals surface area (Å²) in [6, 6.07) is 6.09. The van der Waals surface area contributed by atoms with Gasteiger partial charge in [0, 0.05) is 80.8 Å². The number of pyridine rings is 1. The van der Waals surface area contributed by atoms with E-state index in [1.54, 1.807) is 0 Å². The normalized spacial score (nSPS) is 25.4. The van der Waals surface area contributed by atoms with Gasteiger partial charge in [-0.3, -0.25) is 9.80 Å². The summed E-state index contributed by atoms with van der Waals surface area (Å²) in [6.07, 6.45) is 10.3. The molecular formula is C33H55N5O2. The van der Waals surface area contributed by atoms with E-state index in [1.165, 1.54) is 43.5 Å². The Morgan fingerprint density at radius 3 is 2.45 bits per heavy atom. The number of aromatic nitrogens is 1. The molecule has 3 aliphatic heterocycles. The van der Waals surface area contributed by atoms with Gasteiger partial charge >= 0.3 is 0 Å². The molecule has 2 fully saturated rings. The van der Waals surface area contributed by atoms with Crippen molar-refractivity contribution in [3.05, 3.63) is 30.1 Å². The molecule has 2 saturated heterocycles. The summed E-state index contributed by atoms with van der Waals surface area (Å²) < 4.78 is 12.1. The average Bonchev–Trinajstić information content (AvgIpc) is 3.33. The molecule has 0 spiro atoms. The minimum Gasteiger partial charge on any atom is -0.476 e. The maximum atomic E-state index is 6.21. The number of ether oxygens (including phenoxy) is 2. The third kappa shape index (κ3) is 8.00. The molecule has 0 radical (unpaired) electrons. The Morgan fingerprint density at radius 1 is 1.00 bits per heavy atom. The summed E-state index contributed by atoms with van der Waals surface area (Å²) in [4.78, 5) is 16.8. The third-order valence-electron chi connectivity index (χ3n) is 9.59. The topological polar surface area (TPSA) is 53.4 Å². The SMILES string of the molecule is CCC(C)CC1CCC(CC)N1c1ccnc(OCCN2CCN(CCOC3=NC(C(C)C(C)C)=C3)CC2C)c1. The van der Waals surface area contributed by atoms with Crippen LogP contribution in [0.25, 0.3) is 0 Å². The van der Waals surface area contributed by atoms with Crippen LogP contribution in [-0.4, -0.2) is 84.7 Å². The lowest BCUT2D eigenvalue weighted by molar-refractivity contribution is 0.0626. The summed E-state index contributed by atoms with van der Waals surface area (Å²) in [6.45, 7) is 22.4. The van der Waals surface area contributed by atoms with Crippen LogP contribution < -0.4 is 9.64 Å². The molecule has 224 valence electrons. The van der Waals surface area contributed by atoms with E-state index in [2.05, 4.69) is 91.4 Å². The number of hydrogen-bond donors (Lipinski definition) is 0. The van der Waals surface area contributed by atoms with Gasteiger partial charge in [0.15, 0.2) is 0 Å². The Labute approximate surface area is 244 Å². The summed E-state index contributed by atoms with van der Waals surface area (Å²) in [7, 11) is 0. The van der Waals surface area contributed by atoms with Crippen molar-refractivity contribution in [2.75, 3.05) is 50.8 Å². The lowest BCUT2D eigenvalue weighted by Crippen LogP contribution is -2.53. The zero-order valence-electron chi connectivity index (χ0n) is 26.3. The number of nitrogens with zero attached hydrogens (tertiary/aromatic N) is 5. The summed E-state index contributed by atoms with van der Waals surface area (Å²) >= 11 is 0. The number of allylic oxidation sites excluding steroid dienone is 1. The Hall–Kier alpha value is -2.12. The maximum Gasteiger partial charge on any atom is 0.215 e. The van der Waals surface area contributed by atoms with Gasteiger partial charge in [0.2, 0.25) is 11.8 Å². The van der Waals surface area contributed by atoms with Crippen LogP contribution in [-0.2, 0) is 4.74 Å². The molecule has 1 aromatic heterocycles. The summed E-state index contributed by atoms with van der Waals surface area (Å²) in [5.74, 6) is 3.41. The highest BCUT2D eigenvalue weighted by Gasteiger charge is 2.33. The van der Waals surface area contributed by atoms with Gasteiger partial charge in [-0.05, 0) is 50.5 Å². The van der Waals surface area contributed by atoms with E-state index < -0.39 is 0 Å². The van der Waals surface area contributed by atoms with Crippen molar-refractivity contribution in [2.24, 2.45) is 22.7 Å². The molecule has 0 aromatic carbocycles. The standard InChI is InChI=1S/C33H55N5O2/c1-8-25(5)20-29-11-10-28(9-2)38(29)30-12-13-34-32(21-30)39-19-17-37-15-14-36(23-26(37)6)16-18-40-33-22-31(35-33)27(7)24(3)4/h12-13,21-22,24-29H,8-11,14-20,23H2,1-7H3. The van der Waals surface area contributed by atoms with E-state index in [0.717, 1.165) is 50.4 Å². The summed E-state index contributed by atoms with van der Waals surface area (Å²) in [5, 5.41) is 0. The van der Waals surface area contributed by atoms with Gasteiger partial charge < -0.3 is 14.4 Å². The molecule has 7 nitrogen and oxygen atoms in total. The van der Waals surface area contributed by atoms with Crippen molar-refractivity contribution in [3.8, 4) is 5.88 Å². The zero-order chi connectivity index (χ0) is 28.6. The number of rotatable bonds is 14. The molecule has 4 rings (SSSR count). The van der Waals surface area contributed by atoms with Gasteiger partial charge in [0.1, 0.15) is 13.2 Å². The van der Waals surface area contributed by atoms with Crippen LogP contribution in [0.2, 0.25) is 0 Å². The fraction of sp³-hybridized carbons (Fsp3) is 0.758. The first-order chi connectivity index (χ1) is 19.3. The van der Waals surface area contributed by atoms with Crippen LogP contribution in [0, 0.1) is 17.8 Å². The van der Waals surface area contributed by atoms with Gasteiger partial charge in [0.05, 0.1) is 5.70 Å². The van der Waals surface area contributed by atoms with Crippen LogP contribution in [0.1, 0.15) is 80.6 Å². The number of anilines is 1. The number of aliphatic imine (C=N–C) groups is 1. The molecule has 3 aliphatic rings. The molecule has 5 atom stereocenters. The van der Waals surface area contributed by atoms with Crippen molar-refractivity contribution >= 4 is 11.6 Å². The molecule has 0 aliphatic carbocycles. The minimum atomic E-state index is 0.493. The lowest BCUT2D eigenvalue weighted by Gasteiger charge is -2.39. The van der Waals surface area contributed by atoms with E-state index in [0.29, 0.717) is 43.2 Å². The zero-order valence-corrected chi connectivity index (χ0v) is 26.3. The van der Waals surface area contributed by atoms with Crippen LogP contribution in [0.4, 0.5) is 5.69 Å². The van der Waals surface area contributed by atoms with Gasteiger partial charge in [-0.15, -0.1) is 0 Å². The molecular weight excluding hydrogens is 498 g/mol. The minimum absolute atomic E-state index is 0.493. The first kappa shape index (κ1) is 30.8. The van der Waals surface area contributed by atoms with Gasteiger partial charge in [-0.25, -0.2) is 9.98 Å². The molecule has 5 unspecified atom stereocenters. The Morgan fingerprint density at radius 2 is 1.75 bits per heavy atom. The predicted octanol–water partition coefficient (Wildman–Crippen LogP) is 6.25. The van der Waals surface area contributed by atoms with Crippen molar-refractivity contribution in [1.29, 1.82) is 0 Å². The fourth-order valence-electron chi connectivity index (χ4n) is 6.34. The molecule has 7 heteroatoms. The van der Waals surface area contributed by atoms with Crippen molar-refractivity contribution in [1.82, 2.24) is 14.8 Å². The maximum absolute atomic E-state index is 6.21. The Balaban J connectivity index is 1.18. The molecule has 1 aromatic rings. The third-order valence-corrected chi connectivity index (χ3v) is 9.59. The van der Waals surface area contributed by atoms with E-state index in [9.17, 15) is 0 Å². The van der Waals surface area contributed by atoms with Crippen molar-refractivity contribution < 1.29 is 9.47 Å². The van der Waals surface area contributed by atoms with Crippen molar-refractivity contribution in [2.45, 2.75) is 98.7 Å². The molecule has 4 heterocycles. The molecule has 0 saturated carbocycles. The fourth-order valence-corrected chi connectivity index (χ4v) is 6.34. The predicted molar refractivity (Wildman–Crippen MR) is 166 cm³/mol. The second-order valence-electron chi connectivity index (χ2n) is 12.7. The Kier molecular flexibility index (Phi) is 11.3. The van der Waals surface area contributed by atoms with Gasteiger partial charge in [0.25, 0.3) is 0 Å². The van der Waals surface area contributed by atoms with Gasteiger partial charge in [-0.2, -0.15) is 0 Å². The second-order valence-corrected chi connectivity index (χ2v) is 12.7. The monoisotopic (exact) mass is 553 g/mol. The lowest BCUT2D eigenvalue weighted by atomic mass is 9.93. The van der Waals surface area contributed by atoms with E-state index >= 15 is 0 Å². The molecule has 0 bridgehead atoms. The second kappa shape index (κ2) is 14.7. The van der Waals surface area contributed by atoms with Crippen LogP contribution in [0.3, 0.4) is 0 Å². The highest BCUT2D eigenvalue weighted by Crippen LogP contribution is 2.36. The number of hydrogen-bond acceptors (Lipinski definition) is 7. The van der Waals surface area contributed by atoms with Crippen LogP contribution >= 0.6 is 0 Å². The Bertz CT molecular complexity index is 995. The molecule has 0 amide bonds. The van der Waals surface area contributed by atoms with Crippen LogP contribution in [0.15, 0.2) is 35.1 Å². The van der Waals surface area contributed by atoms with E-state index in [4.69, 9.17) is 9.47 Å². The van der Waals surface area contributed by atoms with Crippen LogP contribution in [0.5, 0.6) is 5.88 Å². The average molecular weight is 554 g/mol. The quantitative estimate of drug-likeness (QED) is 0.271. The van der Waals surface area contributed by atoms with Crippen molar-refractivity contribution in [3.63, 3.8) is 0 Å². The summed E-state index contributed by atoms with van der Waals surface area (Å²) in [5.41, 5.74) is 2.45. The number of piperazine rings is 1. The molecule has 0 N–H and O–H groups in total. The highest BCUT2D eigenvalue weighted by atomic mass is 16.5. The van der Waals surface area contributed by atoms with E-state index in [-0.39, 0.29) is 0 Å². The molecule has 40 heavy (non-hydrogen) atoms. The largest absolute Gasteiger partial charge is 0.476 e. The first-order valence-electron chi connectivity index (χ1n) is 16.1. The van der Waals surface area contributed by atoms with Gasteiger partial charge in [-0.1, -0.05) is 48.0 Å². The first-order valence-corrected chi connectivity index (χ1v) is 16.1. The highest BCUT2D eigenvalue weighted by molar-refractivity contribution is 5.94. The van der Waals surface area contributed by atoms with E-state index in [1.807, 2.05) is 6.20 Å². The smallest absolute Gasteiger partial charge is 0.215 e.